The molecule has 0 spiro atoms. The van der Waals surface area contributed by atoms with Crippen LogP contribution in [0.1, 0.15) is 33.1 Å². The summed E-state index contributed by atoms with van der Waals surface area (Å²) in [5.74, 6) is -0.353. The summed E-state index contributed by atoms with van der Waals surface area (Å²) in [6, 6.07) is 0. The summed E-state index contributed by atoms with van der Waals surface area (Å²) < 4.78 is 12.4. The molecular weight excluding hydrogens is 267 g/mol. The molecule has 0 saturated carbocycles. The minimum atomic E-state index is -0.353. The van der Waals surface area contributed by atoms with Crippen LogP contribution < -0.4 is 0 Å². The minimum Gasteiger partial charge on any atom is -0.350 e. The van der Waals surface area contributed by atoms with E-state index in [1.807, 2.05) is 13.8 Å². The molecule has 0 unspecified atom stereocenters. The lowest BCUT2D eigenvalue weighted by Crippen LogP contribution is -2.39. The Bertz CT molecular complexity index is 136. The molecule has 1 aliphatic heterocycles. The van der Waals surface area contributed by atoms with Crippen LogP contribution in [-0.2, 0) is 9.47 Å². The first-order valence-electron chi connectivity index (χ1n) is 4.52. The number of hydrogen-bond acceptors (Lipinski definition) is 2. The maximum Gasteiger partial charge on any atom is 0.163 e. The number of ether oxygens (including phenoxy) is 2. The van der Waals surface area contributed by atoms with Gasteiger partial charge >= 0.3 is 0 Å². The molecule has 1 atom stereocenters. The number of rotatable bonds is 3. The van der Waals surface area contributed by atoms with Gasteiger partial charge in [-0.1, -0.05) is 22.6 Å². The van der Waals surface area contributed by atoms with Crippen molar-refractivity contribution in [3.05, 3.63) is 0 Å². The smallest absolute Gasteiger partial charge is 0.163 e. The zero-order valence-corrected chi connectivity index (χ0v) is 9.96. The zero-order valence-electron chi connectivity index (χ0n) is 7.81. The molecule has 0 N–H and O–H groups in total. The molecule has 0 aliphatic carbocycles. The Morgan fingerprint density at radius 2 is 2.25 bits per heavy atom. The van der Waals surface area contributed by atoms with Gasteiger partial charge in [-0.2, -0.15) is 0 Å². The summed E-state index contributed by atoms with van der Waals surface area (Å²) >= 11 is 2.41. The van der Waals surface area contributed by atoms with Gasteiger partial charge in [0.2, 0.25) is 0 Å². The molecule has 1 heterocycles. The molecular formula is C9H17IO2. The first kappa shape index (κ1) is 10.7. The van der Waals surface area contributed by atoms with Crippen LogP contribution in [0.15, 0.2) is 0 Å². The van der Waals surface area contributed by atoms with Crippen molar-refractivity contribution in [2.45, 2.75) is 45.0 Å². The predicted octanol–water partition coefficient (Wildman–Crippen LogP) is 2.74. The average Bonchev–Trinajstić information content (AvgIpc) is 1.99. The van der Waals surface area contributed by atoms with Gasteiger partial charge in [0, 0.05) is 0 Å². The highest BCUT2D eigenvalue weighted by Crippen LogP contribution is 2.24. The van der Waals surface area contributed by atoms with Crippen molar-refractivity contribution < 1.29 is 9.47 Å². The molecule has 1 saturated heterocycles. The predicted molar refractivity (Wildman–Crippen MR) is 57.6 cm³/mol. The van der Waals surface area contributed by atoms with Gasteiger partial charge in [0.05, 0.1) is 12.7 Å². The van der Waals surface area contributed by atoms with Crippen molar-refractivity contribution in [1.29, 1.82) is 0 Å². The molecule has 0 aromatic heterocycles. The largest absolute Gasteiger partial charge is 0.350 e. The fourth-order valence-corrected chi connectivity index (χ4v) is 1.88. The SMILES string of the molecule is CC1(C)OCC[C@H](CCCI)O1. The second-order valence-electron chi connectivity index (χ2n) is 3.61. The van der Waals surface area contributed by atoms with E-state index in [0.29, 0.717) is 6.10 Å². The first-order chi connectivity index (χ1) is 5.64. The van der Waals surface area contributed by atoms with E-state index < -0.39 is 0 Å². The summed E-state index contributed by atoms with van der Waals surface area (Å²) in [6.07, 6.45) is 3.90. The highest BCUT2D eigenvalue weighted by molar-refractivity contribution is 14.1. The van der Waals surface area contributed by atoms with E-state index in [2.05, 4.69) is 22.6 Å². The molecule has 2 nitrogen and oxygen atoms in total. The summed E-state index contributed by atoms with van der Waals surface area (Å²) in [4.78, 5) is 0. The molecule has 0 amide bonds. The Hall–Kier alpha value is 0.650. The van der Waals surface area contributed by atoms with Crippen LogP contribution >= 0.6 is 22.6 Å². The molecule has 0 radical (unpaired) electrons. The van der Waals surface area contributed by atoms with Crippen LogP contribution in [0.4, 0.5) is 0 Å². The fourth-order valence-electron chi connectivity index (χ4n) is 1.44. The van der Waals surface area contributed by atoms with E-state index in [4.69, 9.17) is 9.47 Å². The number of halogens is 1. The first-order valence-corrected chi connectivity index (χ1v) is 6.04. The molecule has 0 aromatic rings. The van der Waals surface area contributed by atoms with Crippen molar-refractivity contribution >= 4 is 22.6 Å². The quantitative estimate of drug-likeness (QED) is 0.586. The van der Waals surface area contributed by atoms with E-state index in [1.54, 1.807) is 0 Å². The molecule has 0 bridgehead atoms. The topological polar surface area (TPSA) is 18.5 Å². The van der Waals surface area contributed by atoms with Gasteiger partial charge in [0.1, 0.15) is 0 Å². The molecule has 1 fully saturated rings. The lowest BCUT2D eigenvalue weighted by molar-refractivity contribution is -0.273. The molecule has 12 heavy (non-hydrogen) atoms. The van der Waals surface area contributed by atoms with Crippen LogP contribution in [-0.4, -0.2) is 22.9 Å². The van der Waals surface area contributed by atoms with Crippen LogP contribution in [0.2, 0.25) is 0 Å². The maximum atomic E-state index is 5.75. The monoisotopic (exact) mass is 284 g/mol. The third-order valence-corrected chi connectivity index (χ3v) is 2.76. The Labute approximate surface area is 88.1 Å². The maximum absolute atomic E-state index is 5.75. The van der Waals surface area contributed by atoms with Crippen molar-refractivity contribution in [2.24, 2.45) is 0 Å². The lowest BCUT2D eigenvalue weighted by Gasteiger charge is -2.36. The Kier molecular flexibility index (Phi) is 4.26. The van der Waals surface area contributed by atoms with Crippen molar-refractivity contribution in [2.75, 3.05) is 11.0 Å². The van der Waals surface area contributed by atoms with Crippen molar-refractivity contribution in [3.8, 4) is 0 Å². The molecule has 0 aromatic carbocycles. The number of hydrogen-bond donors (Lipinski definition) is 0. The standard InChI is InChI=1S/C9H17IO2/c1-9(2)11-7-5-8(12-9)4-3-6-10/h8H,3-7H2,1-2H3/t8-/m0/s1. The minimum absolute atomic E-state index is 0.353. The normalized spacial score (nSPS) is 28.8. The highest BCUT2D eigenvalue weighted by atomic mass is 127. The van der Waals surface area contributed by atoms with E-state index in [-0.39, 0.29) is 5.79 Å². The highest BCUT2D eigenvalue weighted by Gasteiger charge is 2.28. The van der Waals surface area contributed by atoms with E-state index in [1.165, 1.54) is 17.3 Å². The van der Waals surface area contributed by atoms with Crippen LogP contribution in [0, 0.1) is 0 Å². The number of alkyl halides is 1. The molecule has 1 rings (SSSR count). The van der Waals surface area contributed by atoms with Gasteiger partial charge < -0.3 is 9.47 Å². The van der Waals surface area contributed by atoms with Gasteiger partial charge in [0.15, 0.2) is 5.79 Å². The van der Waals surface area contributed by atoms with Crippen LogP contribution in [0.5, 0.6) is 0 Å². The van der Waals surface area contributed by atoms with Gasteiger partial charge in [-0.3, -0.25) is 0 Å². The van der Waals surface area contributed by atoms with E-state index >= 15 is 0 Å². The van der Waals surface area contributed by atoms with Crippen LogP contribution in [0.3, 0.4) is 0 Å². The zero-order chi connectivity index (χ0) is 9.03. The average molecular weight is 284 g/mol. The van der Waals surface area contributed by atoms with Gasteiger partial charge in [0.25, 0.3) is 0 Å². The molecule has 1 aliphatic rings. The van der Waals surface area contributed by atoms with Gasteiger partial charge in [-0.15, -0.1) is 0 Å². The third kappa shape index (κ3) is 3.58. The van der Waals surface area contributed by atoms with Gasteiger partial charge in [-0.25, -0.2) is 0 Å². The summed E-state index contributed by atoms with van der Waals surface area (Å²) in [5, 5.41) is 0. The Balaban J connectivity index is 2.26. The third-order valence-electron chi connectivity index (χ3n) is 2.00. The summed E-state index contributed by atoms with van der Waals surface area (Å²) in [7, 11) is 0. The fraction of sp³-hybridized carbons (Fsp3) is 1.00. The summed E-state index contributed by atoms with van der Waals surface area (Å²) in [5.41, 5.74) is 0. The second kappa shape index (κ2) is 4.77. The van der Waals surface area contributed by atoms with E-state index in [0.717, 1.165) is 13.0 Å². The van der Waals surface area contributed by atoms with E-state index in [9.17, 15) is 0 Å². The molecule has 72 valence electrons. The Morgan fingerprint density at radius 1 is 1.50 bits per heavy atom. The lowest BCUT2D eigenvalue weighted by atomic mass is 10.1. The van der Waals surface area contributed by atoms with Crippen molar-refractivity contribution in [1.82, 2.24) is 0 Å². The van der Waals surface area contributed by atoms with Gasteiger partial charge in [-0.05, 0) is 37.5 Å². The van der Waals surface area contributed by atoms with Crippen molar-refractivity contribution in [3.63, 3.8) is 0 Å². The molecule has 3 heteroatoms. The Morgan fingerprint density at radius 3 is 2.83 bits per heavy atom. The van der Waals surface area contributed by atoms with Crippen LogP contribution in [0.25, 0.3) is 0 Å². The summed E-state index contributed by atoms with van der Waals surface area (Å²) in [6.45, 7) is 4.82. The second-order valence-corrected chi connectivity index (χ2v) is 4.69.